The van der Waals surface area contributed by atoms with Crippen molar-refractivity contribution in [2.24, 2.45) is 0 Å². The van der Waals surface area contributed by atoms with Crippen LogP contribution in [0.15, 0.2) is 36.9 Å². The van der Waals surface area contributed by atoms with E-state index in [4.69, 9.17) is 26.8 Å². The monoisotopic (exact) mass is 412 g/mol. The second-order valence-corrected chi connectivity index (χ2v) is 8.59. The van der Waals surface area contributed by atoms with Crippen LogP contribution in [0.1, 0.15) is 50.5 Å². The zero-order chi connectivity index (χ0) is 19.8. The van der Waals surface area contributed by atoms with E-state index in [0.29, 0.717) is 25.2 Å². The Kier molecular flexibility index (Phi) is 5.18. The van der Waals surface area contributed by atoms with Crippen LogP contribution in [0, 0.1) is 4.77 Å². The zero-order valence-electron chi connectivity index (χ0n) is 16.7. The minimum atomic E-state index is -0.284. The molecule has 0 amide bonds. The summed E-state index contributed by atoms with van der Waals surface area (Å²) in [5, 5.41) is 4.93. The molecule has 0 N–H and O–H groups in total. The molecule has 0 unspecified atom stereocenters. The second kappa shape index (κ2) is 7.95. The highest BCUT2D eigenvalue weighted by Gasteiger charge is 2.36. The van der Waals surface area contributed by atoms with E-state index in [-0.39, 0.29) is 6.10 Å². The van der Waals surface area contributed by atoms with Crippen LogP contribution in [0.25, 0.3) is 0 Å². The summed E-state index contributed by atoms with van der Waals surface area (Å²) in [6, 6.07) is 9.11. The summed E-state index contributed by atoms with van der Waals surface area (Å²) >= 11 is 5.82. The van der Waals surface area contributed by atoms with E-state index >= 15 is 0 Å². The predicted octanol–water partition coefficient (Wildman–Crippen LogP) is 4.48. The Morgan fingerprint density at radius 2 is 1.86 bits per heavy atom. The van der Waals surface area contributed by atoms with Crippen molar-refractivity contribution in [2.45, 2.75) is 69.9 Å². The number of para-hydroxylation sites is 2. The smallest absolute Gasteiger partial charge is 0.199 e. The number of rotatable bonds is 7. The summed E-state index contributed by atoms with van der Waals surface area (Å²) in [5.74, 6) is 2.34. The highest BCUT2D eigenvalue weighted by atomic mass is 32.1. The number of hydrogen-bond acceptors (Lipinski definition) is 5. The predicted molar refractivity (Wildman–Crippen MR) is 114 cm³/mol. The number of nitrogens with zero attached hydrogens (tertiary/aromatic N) is 4. The molecule has 2 aliphatic carbocycles. The first kappa shape index (κ1) is 18.9. The summed E-state index contributed by atoms with van der Waals surface area (Å²) < 4.78 is 16.9. The summed E-state index contributed by atoms with van der Waals surface area (Å²) in [6.45, 7) is 5.70. The van der Waals surface area contributed by atoms with Crippen molar-refractivity contribution < 1.29 is 9.47 Å². The fourth-order valence-corrected chi connectivity index (χ4v) is 4.83. The molecule has 0 bridgehead atoms. The van der Waals surface area contributed by atoms with Crippen molar-refractivity contribution in [3.63, 3.8) is 0 Å². The molecule has 1 atom stereocenters. The van der Waals surface area contributed by atoms with Crippen molar-refractivity contribution in [3.05, 3.63) is 47.5 Å². The molecule has 29 heavy (non-hydrogen) atoms. The average molecular weight is 413 g/mol. The van der Waals surface area contributed by atoms with E-state index in [1.165, 1.54) is 38.5 Å². The molecule has 1 aliphatic heterocycles. The van der Waals surface area contributed by atoms with Gasteiger partial charge in [-0.2, -0.15) is 5.10 Å². The first-order valence-corrected chi connectivity index (χ1v) is 11.1. The molecule has 2 saturated carbocycles. The topological polar surface area (TPSA) is 44.5 Å². The molecule has 1 aromatic carbocycles. The maximum absolute atomic E-state index is 6.22. The van der Waals surface area contributed by atoms with Gasteiger partial charge in [-0.15, -0.1) is 6.58 Å². The Morgan fingerprint density at radius 1 is 1.14 bits per heavy atom. The molecule has 3 aliphatic rings. The number of fused-ring (bicyclic) bond motifs is 1. The number of ether oxygens (including phenoxy) is 2. The third kappa shape index (κ3) is 3.73. The second-order valence-electron chi connectivity index (χ2n) is 8.23. The summed E-state index contributed by atoms with van der Waals surface area (Å²) in [4.78, 5) is 2.63. The van der Waals surface area contributed by atoms with Gasteiger partial charge in [-0.25, -0.2) is 4.68 Å². The highest BCUT2D eigenvalue weighted by Crippen LogP contribution is 2.37. The maximum Gasteiger partial charge on any atom is 0.199 e. The van der Waals surface area contributed by atoms with Crippen molar-refractivity contribution >= 4 is 12.2 Å². The van der Waals surface area contributed by atoms with Crippen LogP contribution in [0.2, 0.25) is 0 Å². The van der Waals surface area contributed by atoms with Crippen LogP contribution in [-0.2, 0) is 13.2 Å². The van der Waals surface area contributed by atoms with Crippen molar-refractivity contribution in [1.29, 1.82) is 0 Å². The molecule has 5 rings (SSSR count). The normalized spacial score (nSPS) is 21.6. The Balaban J connectivity index is 1.44. The van der Waals surface area contributed by atoms with Gasteiger partial charge in [0.15, 0.2) is 28.2 Å². The van der Waals surface area contributed by atoms with Crippen LogP contribution in [0.5, 0.6) is 11.5 Å². The fraction of sp³-hybridized carbons (Fsp3) is 0.545. The number of hydrogen-bond donors (Lipinski definition) is 0. The lowest BCUT2D eigenvalue weighted by Crippen LogP contribution is -2.37. The van der Waals surface area contributed by atoms with Crippen LogP contribution >= 0.6 is 12.2 Å². The molecule has 0 spiro atoms. The van der Waals surface area contributed by atoms with E-state index < -0.39 is 0 Å². The minimum absolute atomic E-state index is 0.284. The van der Waals surface area contributed by atoms with E-state index in [1.807, 2.05) is 39.6 Å². The highest BCUT2D eigenvalue weighted by molar-refractivity contribution is 7.71. The lowest BCUT2D eigenvalue weighted by atomic mass is 10.2. The third-order valence-corrected chi connectivity index (χ3v) is 6.60. The molecule has 2 fully saturated rings. The molecule has 2 heterocycles. The van der Waals surface area contributed by atoms with Gasteiger partial charge in [-0.05, 0) is 50.0 Å². The van der Waals surface area contributed by atoms with E-state index in [0.717, 1.165) is 28.8 Å². The summed E-state index contributed by atoms with van der Waals surface area (Å²) in [6.07, 6.45) is 9.42. The lowest BCUT2D eigenvalue weighted by molar-refractivity contribution is 0.0811. The number of allylic oxidation sites excluding steroid dienone is 1. The maximum atomic E-state index is 6.22. The number of benzene rings is 1. The summed E-state index contributed by atoms with van der Waals surface area (Å²) in [5.41, 5.74) is 0. The Labute approximate surface area is 176 Å². The lowest BCUT2D eigenvalue weighted by Gasteiger charge is -2.28. The van der Waals surface area contributed by atoms with E-state index in [1.54, 1.807) is 0 Å². The molecule has 6 nitrogen and oxygen atoms in total. The molecule has 2 aromatic rings. The van der Waals surface area contributed by atoms with Gasteiger partial charge in [0.25, 0.3) is 0 Å². The van der Waals surface area contributed by atoms with Gasteiger partial charge in [-0.1, -0.05) is 31.1 Å². The first-order chi connectivity index (χ1) is 14.2. The van der Waals surface area contributed by atoms with Gasteiger partial charge in [0.05, 0.1) is 6.67 Å². The van der Waals surface area contributed by atoms with Crippen LogP contribution in [0.3, 0.4) is 0 Å². The Bertz CT molecular complexity index is 943. The molecular formula is C22H28N4O2S. The summed E-state index contributed by atoms with van der Waals surface area (Å²) in [7, 11) is 0. The van der Waals surface area contributed by atoms with E-state index in [9.17, 15) is 0 Å². The van der Waals surface area contributed by atoms with Crippen molar-refractivity contribution in [2.75, 3.05) is 6.61 Å². The molecule has 1 aromatic heterocycles. The molecule has 7 heteroatoms. The molecule has 0 saturated heterocycles. The van der Waals surface area contributed by atoms with Gasteiger partial charge < -0.3 is 9.47 Å². The third-order valence-electron chi connectivity index (χ3n) is 6.17. The Hall–Kier alpha value is -2.12. The van der Waals surface area contributed by atoms with Gasteiger partial charge in [-0.3, -0.25) is 9.47 Å². The fourth-order valence-electron chi connectivity index (χ4n) is 4.56. The standard InChI is InChI=1S/C22H28N4O2S/c1-2-13-24-21(20-14-27-18-9-5-6-10-19(18)28-20)23-26(22(24)29)15-25(17-11-12-17)16-7-3-4-8-16/h2,5-6,9-10,16-17,20H,1,3-4,7-8,11-15H2/t20-/m0/s1. The molecule has 154 valence electrons. The van der Waals surface area contributed by atoms with Crippen molar-refractivity contribution in [1.82, 2.24) is 19.2 Å². The average Bonchev–Trinajstić information content (AvgIpc) is 3.35. The number of aromatic nitrogens is 3. The van der Waals surface area contributed by atoms with Crippen LogP contribution in [0.4, 0.5) is 0 Å². The van der Waals surface area contributed by atoms with Gasteiger partial charge in [0, 0.05) is 18.6 Å². The minimum Gasteiger partial charge on any atom is -0.485 e. The van der Waals surface area contributed by atoms with Gasteiger partial charge in [0.1, 0.15) is 6.61 Å². The largest absolute Gasteiger partial charge is 0.485 e. The van der Waals surface area contributed by atoms with E-state index in [2.05, 4.69) is 11.5 Å². The van der Waals surface area contributed by atoms with Crippen LogP contribution in [-0.4, -0.2) is 37.9 Å². The van der Waals surface area contributed by atoms with Crippen LogP contribution < -0.4 is 9.47 Å². The first-order valence-electron chi connectivity index (χ1n) is 10.7. The van der Waals surface area contributed by atoms with Gasteiger partial charge >= 0.3 is 0 Å². The van der Waals surface area contributed by atoms with Crippen molar-refractivity contribution in [3.8, 4) is 11.5 Å². The quantitative estimate of drug-likeness (QED) is 0.496. The molecule has 0 radical (unpaired) electrons. The zero-order valence-corrected chi connectivity index (χ0v) is 17.5. The van der Waals surface area contributed by atoms with Gasteiger partial charge in [0.2, 0.25) is 0 Å². The SMILES string of the molecule is C=CCn1c([C@@H]2COc3ccccc3O2)nn(CN(C2CCCC2)C2CC2)c1=S. The molecular weight excluding hydrogens is 384 g/mol. The Morgan fingerprint density at radius 3 is 2.59 bits per heavy atom.